The quantitative estimate of drug-likeness (QED) is 0.686. The van der Waals surface area contributed by atoms with Crippen LogP contribution in [0.2, 0.25) is 0 Å². The van der Waals surface area contributed by atoms with E-state index in [1.54, 1.807) is 19.3 Å². The average molecular weight is 279 g/mol. The van der Waals surface area contributed by atoms with Crippen LogP contribution in [-0.2, 0) is 0 Å². The summed E-state index contributed by atoms with van der Waals surface area (Å²) in [6, 6.07) is 9.88. The van der Waals surface area contributed by atoms with Crippen molar-refractivity contribution in [3.63, 3.8) is 0 Å². The van der Waals surface area contributed by atoms with Crippen molar-refractivity contribution in [1.29, 1.82) is 0 Å². The molecule has 2 aromatic heterocycles. The van der Waals surface area contributed by atoms with Crippen LogP contribution in [0.1, 0.15) is 42.7 Å². The molecule has 0 radical (unpaired) electrons. The molecule has 106 valence electrons. The highest BCUT2D eigenvalue weighted by molar-refractivity contribution is 5.95. The maximum absolute atomic E-state index is 11.8. The Labute approximate surface area is 123 Å². The lowest BCUT2D eigenvalue weighted by Gasteiger charge is -2.13. The fourth-order valence-corrected chi connectivity index (χ4v) is 2.65. The summed E-state index contributed by atoms with van der Waals surface area (Å²) in [6.45, 7) is 5.73. The van der Waals surface area contributed by atoms with E-state index in [-0.39, 0.29) is 11.7 Å². The number of Topliss-reactive ketones (excluding diaryl/α,β-unsaturated/α-hetero) is 1. The van der Waals surface area contributed by atoms with Crippen molar-refractivity contribution in [2.45, 2.75) is 26.7 Å². The van der Waals surface area contributed by atoms with Crippen LogP contribution in [0.15, 0.2) is 42.7 Å². The zero-order valence-electron chi connectivity index (χ0n) is 12.4. The largest absolute Gasteiger partial charge is 0.294 e. The number of fused-ring (bicyclic) bond motifs is 1. The molecule has 21 heavy (non-hydrogen) atoms. The van der Waals surface area contributed by atoms with Crippen LogP contribution in [0.4, 0.5) is 0 Å². The molecule has 0 aliphatic rings. The molecule has 2 heterocycles. The molecule has 0 N–H and O–H groups in total. The van der Waals surface area contributed by atoms with Crippen LogP contribution in [0.25, 0.3) is 16.6 Å². The molecule has 0 unspecified atom stereocenters. The highest BCUT2D eigenvalue weighted by Crippen LogP contribution is 2.27. The number of hydrogen-bond acceptors (Lipinski definition) is 3. The summed E-state index contributed by atoms with van der Waals surface area (Å²) < 4.78 is 1.87. The number of hydrogen-bond donors (Lipinski definition) is 0. The van der Waals surface area contributed by atoms with Crippen molar-refractivity contribution >= 4 is 16.7 Å². The lowest BCUT2D eigenvalue weighted by atomic mass is 10.0. The maximum Gasteiger partial charge on any atom is 0.163 e. The van der Waals surface area contributed by atoms with Gasteiger partial charge in [-0.05, 0) is 37.1 Å². The lowest BCUT2D eigenvalue weighted by Crippen LogP contribution is -2.07. The molecule has 4 nitrogen and oxygen atoms in total. The second-order valence-electron chi connectivity index (χ2n) is 5.41. The molecule has 0 amide bonds. The zero-order chi connectivity index (χ0) is 15.0. The average Bonchev–Trinajstić information content (AvgIpc) is 2.91. The third-order valence-electron chi connectivity index (χ3n) is 3.58. The molecule has 0 atom stereocenters. The van der Waals surface area contributed by atoms with Gasteiger partial charge in [-0.2, -0.15) is 5.10 Å². The van der Waals surface area contributed by atoms with Crippen molar-refractivity contribution in [3.8, 4) is 5.69 Å². The third-order valence-corrected chi connectivity index (χ3v) is 3.58. The van der Waals surface area contributed by atoms with Gasteiger partial charge in [0.2, 0.25) is 0 Å². The molecule has 0 saturated heterocycles. The predicted molar refractivity (Wildman–Crippen MR) is 83.0 cm³/mol. The Morgan fingerprint density at radius 1 is 1.19 bits per heavy atom. The molecule has 3 aromatic rings. The van der Waals surface area contributed by atoms with Gasteiger partial charge < -0.3 is 0 Å². The van der Waals surface area contributed by atoms with Crippen molar-refractivity contribution in [2.75, 3.05) is 0 Å². The number of carbonyl (C=O) groups is 1. The summed E-state index contributed by atoms with van der Waals surface area (Å²) in [6.07, 6.45) is 3.44. The number of rotatable bonds is 3. The summed E-state index contributed by atoms with van der Waals surface area (Å²) in [5, 5.41) is 5.47. The Morgan fingerprint density at radius 2 is 2.00 bits per heavy atom. The first kappa shape index (κ1) is 13.5. The fraction of sp³-hybridized carbons (Fsp3) is 0.235. The van der Waals surface area contributed by atoms with E-state index in [1.807, 2.05) is 35.0 Å². The normalized spacial score (nSPS) is 11.2. The maximum atomic E-state index is 11.8. The van der Waals surface area contributed by atoms with Crippen molar-refractivity contribution in [3.05, 3.63) is 54.0 Å². The van der Waals surface area contributed by atoms with Crippen LogP contribution in [0.5, 0.6) is 0 Å². The molecule has 3 rings (SSSR count). The van der Waals surface area contributed by atoms with Crippen LogP contribution in [0, 0.1) is 0 Å². The first-order valence-corrected chi connectivity index (χ1v) is 7.02. The smallest absolute Gasteiger partial charge is 0.163 e. The molecule has 0 fully saturated rings. The second-order valence-corrected chi connectivity index (χ2v) is 5.41. The molecule has 0 saturated carbocycles. The van der Waals surface area contributed by atoms with Gasteiger partial charge in [0, 0.05) is 11.6 Å². The highest BCUT2D eigenvalue weighted by atomic mass is 16.1. The Morgan fingerprint density at radius 3 is 2.71 bits per heavy atom. The van der Waals surface area contributed by atoms with E-state index in [9.17, 15) is 4.79 Å². The van der Waals surface area contributed by atoms with Crippen LogP contribution in [-0.4, -0.2) is 20.5 Å². The molecule has 0 aliphatic heterocycles. The summed E-state index contributed by atoms with van der Waals surface area (Å²) in [5.41, 5.74) is 3.51. The number of benzene rings is 1. The SMILES string of the molecule is CC(=O)c1cnn(-c2cccc3ncccc23)c1C(C)C. The number of ketones is 1. The number of carbonyl (C=O) groups excluding carboxylic acids is 1. The van der Waals surface area contributed by atoms with E-state index in [0.29, 0.717) is 5.56 Å². The van der Waals surface area contributed by atoms with Crippen LogP contribution >= 0.6 is 0 Å². The molecule has 0 bridgehead atoms. The monoisotopic (exact) mass is 279 g/mol. The van der Waals surface area contributed by atoms with Gasteiger partial charge in [0.05, 0.1) is 28.7 Å². The predicted octanol–water partition coefficient (Wildman–Crippen LogP) is 3.75. The summed E-state index contributed by atoms with van der Waals surface area (Å²) in [5.74, 6) is 0.252. The van der Waals surface area contributed by atoms with E-state index in [0.717, 1.165) is 22.3 Å². The van der Waals surface area contributed by atoms with Crippen molar-refractivity contribution < 1.29 is 4.79 Å². The van der Waals surface area contributed by atoms with Crippen LogP contribution in [0.3, 0.4) is 0 Å². The Balaban J connectivity index is 2.31. The molecule has 0 aliphatic carbocycles. The zero-order valence-corrected chi connectivity index (χ0v) is 12.4. The van der Waals surface area contributed by atoms with Crippen LogP contribution < -0.4 is 0 Å². The first-order chi connectivity index (χ1) is 10.1. The minimum Gasteiger partial charge on any atom is -0.294 e. The van der Waals surface area contributed by atoms with Gasteiger partial charge in [0.1, 0.15) is 0 Å². The Hall–Kier alpha value is -2.49. The van der Waals surface area contributed by atoms with Gasteiger partial charge in [-0.25, -0.2) is 4.68 Å². The van der Waals surface area contributed by atoms with Gasteiger partial charge in [-0.3, -0.25) is 9.78 Å². The fourth-order valence-electron chi connectivity index (χ4n) is 2.65. The van der Waals surface area contributed by atoms with Gasteiger partial charge >= 0.3 is 0 Å². The minimum absolute atomic E-state index is 0.0447. The highest BCUT2D eigenvalue weighted by Gasteiger charge is 2.19. The molecular weight excluding hydrogens is 262 g/mol. The van der Waals surface area contributed by atoms with Gasteiger partial charge in [-0.1, -0.05) is 19.9 Å². The number of pyridine rings is 1. The third kappa shape index (κ3) is 2.23. The molecule has 1 aromatic carbocycles. The van der Waals surface area contributed by atoms with E-state index in [1.165, 1.54) is 0 Å². The van der Waals surface area contributed by atoms with E-state index in [4.69, 9.17) is 0 Å². The van der Waals surface area contributed by atoms with Gasteiger partial charge in [0.15, 0.2) is 5.78 Å². The van der Waals surface area contributed by atoms with E-state index >= 15 is 0 Å². The Kier molecular flexibility index (Phi) is 3.29. The standard InChI is InChI=1S/C17H17N3O/c1-11(2)17-14(12(3)21)10-19-20(17)16-8-4-7-15-13(16)6-5-9-18-15/h4-11H,1-3H3. The first-order valence-electron chi connectivity index (χ1n) is 7.02. The minimum atomic E-state index is 0.0447. The second kappa shape index (κ2) is 5.13. The summed E-state index contributed by atoms with van der Waals surface area (Å²) >= 11 is 0. The van der Waals surface area contributed by atoms with E-state index in [2.05, 4.69) is 23.9 Å². The topological polar surface area (TPSA) is 47.8 Å². The molecular formula is C17H17N3O. The number of nitrogens with zero attached hydrogens (tertiary/aromatic N) is 3. The van der Waals surface area contributed by atoms with Crippen molar-refractivity contribution in [1.82, 2.24) is 14.8 Å². The number of aromatic nitrogens is 3. The van der Waals surface area contributed by atoms with Gasteiger partial charge in [0.25, 0.3) is 0 Å². The van der Waals surface area contributed by atoms with Crippen molar-refractivity contribution in [2.24, 2.45) is 0 Å². The Bertz CT molecular complexity index is 813. The lowest BCUT2D eigenvalue weighted by molar-refractivity contribution is 0.101. The van der Waals surface area contributed by atoms with E-state index < -0.39 is 0 Å². The summed E-state index contributed by atoms with van der Waals surface area (Å²) in [7, 11) is 0. The molecule has 0 spiro atoms. The van der Waals surface area contributed by atoms with Gasteiger partial charge in [-0.15, -0.1) is 0 Å². The molecule has 4 heteroatoms. The summed E-state index contributed by atoms with van der Waals surface area (Å²) in [4.78, 5) is 16.2.